The fourth-order valence-electron chi connectivity index (χ4n) is 1.25. The SMILES string of the molecule is COc1nc(Cl)nc(Oc2ccccc2SC)n1. The van der Waals surface area contributed by atoms with Crippen molar-refractivity contribution < 1.29 is 9.47 Å². The summed E-state index contributed by atoms with van der Waals surface area (Å²) in [6.45, 7) is 0. The van der Waals surface area contributed by atoms with Crippen LogP contribution in [0.4, 0.5) is 0 Å². The monoisotopic (exact) mass is 283 g/mol. The van der Waals surface area contributed by atoms with Gasteiger partial charge in [0.15, 0.2) is 0 Å². The Labute approximate surface area is 114 Å². The second-order valence-corrected chi connectivity index (χ2v) is 4.31. The summed E-state index contributed by atoms with van der Waals surface area (Å²) in [6.07, 6.45) is 1.96. The van der Waals surface area contributed by atoms with Crippen LogP contribution in [0.3, 0.4) is 0 Å². The number of benzene rings is 1. The zero-order valence-electron chi connectivity index (χ0n) is 9.75. The van der Waals surface area contributed by atoms with E-state index in [9.17, 15) is 0 Å². The van der Waals surface area contributed by atoms with E-state index in [4.69, 9.17) is 21.1 Å². The van der Waals surface area contributed by atoms with Crippen molar-refractivity contribution in [1.82, 2.24) is 15.0 Å². The van der Waals surface area contributed by atoms with Crippen molar-refractivity contribution >= 4 is 23.4 Å². The normalized spacial score (nSPS) is 10.2. The van der Waals surface area contributed by atoms with Gasteiger partial charge in [-0.1, -0.05) is 12.1 Å². The first-order chi connectivity index (χ1) is 8.72. The Balaban J connectivity index is 2.30. The summed E-state index contributed by atoms with van der Waals surface area (Å²) < 4.78 is 10.5. The number of rotatable bonds is 4. The van der Waals surface area contributed by atoms with Crippen LogP contribution in [-0.4, -0.2) is 28.3 Å². The molecule has 0 aliphatic heterocycles. The topological polar surface area (TPSA) is 57.1 Å². The molecule has 0 spiro atoms. The summed E-state index contributed by atoms with van der Waals surface area (Å²) in [5.74, 6) is 0.661. The van der Waals surface area contributed by atoms with Crippen LogP contribution in [0.1, 0.15) is 0 Å². The molecule has 0 amide bonds. The molecule has 94 valence electrons. The highest BCUT2D eigenvalue weighted by atomic mass is 35.5. The second kappa shape index (κ2) is 5.88. The first-order valence-corrected chi connectivity index (χ1v) is 6.59. The Morgan fingerprint density at radius 3 is 2.56 bits per heavy atom. The first-order valence-electron chi connectivity index (χ1n) is 4.99. The highest BCUT2D eigenvalue weighted by Gasteiger charge is 2.09. The smallest absolute Gasteiger partial charge is 0.329 e. The molecule has 1 aromatic carbocycles. The van der Waals surface area contributed by atoms with Gasteiger partial charge in [-0.05, 0) is 30.0 Å². The third-order valence-electron chi connectivity index (χ3n) is 2.02. The van der Waals surface area contributed by atoms with Gasteiger partial charge in [0.25, 0.3) is 0 Å². The Morgan fingerprint density at radius 1 is 1.11 bits per heavy atom. The molecule has 0 fully saturated rings. The molecule has 18 heavy (non-hydrogen) atoms. The minimum Gasteiger partial charge on any atom is -0.467 e. The molecule has 0 radical (unpaired) electrons. The minimum absolute atomic E-state index is 0.0264. The molecule has 5 nitrogen and oxygen atoms in total. The van der Waals surface area contributed by atoms with E-state index in [0.717, 1.165) is 4.90 Å². The standard InChI is InChI=1S/C11H10ClN3O2S/c1-16-10-13-9(12)14-11(15-10)17-7-5-3-4-6-8(7)18-2/h3-6H,1-2H3. The lowest BCUT2D eigenvalue weighted by molar-refractivity contribution is 0.357. The number of para-hydroxylation sites is 1. The molecule has 7 heteroatoms. The lowest BCUT2D eigenvalue weighted by atomic mass is 10.3. The molecule has 0 aliphatic rings. The largest absolute Gasteiger partial charge is 0.467 e. The zero-order chi connectivity index (χ0) is 13.0. The van der Waals surface area contributed by atoms with Crippen molar-refractivity contribution in [3.8, 4) is 17.8 Å². The molecule has 0 unspecified atom stereocenters. The molecule has 0 saturated carbocycles. The summed E-state index contributed by atoms with van der Waals surface area (Å²) in [5, 5.41) is 0.0264. The fourth-order valence-corrected chi connectivity index (χ4v) is 1.92. The highest BCUT2D eigenvalue weighted by molar-refractivity contribution is 7.98. The van der Waals surface area contributed by atoms with Crippen LogP contribution in [0, 0.1) is 0 Å². The number of ether oxygens (including phenoxy) is 2. The summed E-state index contributed by atoms with van der Waals surface area (Å²) in [6, 6.07) is 7.80. The lowest BCUT2D eigenvalue weighted by Gasteiger charge is -2.08. The second-order valence-electron chi connectivity index (χ2n) is 3.13. The van der Waals surface area contributed by atoms with E-state index < -0.39 is 0 Å². The van der Waals surface area contributed by atoms with Gasteiger partial charge < -0.3 is 9.47 Å². The van der Waals surface area contributed by atoms with Gasteiger partial charge in [-0.2, -0.15) is 9.97 Å². The summed E-state index contributed by atoms with van der Waals surface area (Å²) in [4.78, 5) is 12.6. The van der Waals surface area contributed by atoms with Crippen molar-refractivity contribution in [3.05, 3.63) is 29.5 Å². The first kappa shape index (κ1) is 12.9. The quantitative estimate of drug-likeness (QED) is 0.804. The number of aromatic nitrogens is 3. The molecular weight excluding hydrogens is 274 g/mol. The van der Waals surface area contributed by atoms with Crippen LogP contribution in [0.5, 0.6) is 17.8 Å². The van der Waals surface area contributed by atoms with Crippen LogP contribution in [0.25, 0.3) is 0 Å². The van der Waals surface area contributed by atoms with E-state index in [1.54, 1.807) is 11.8 Å². The van der Waals surface area contributed by atoms with Gasteiger partial charge in [-0.25, -0.2) is 0 Å². The van der Waals surface area contributed by atoms with Crippen molar-refractivity contribution in [2.24, 2.45) is 0 Å². The van der Waals surface area contributed by atoms with Crippen molar-refractivity contribution in [2.45, 2.75) is 4.90 Å². The van der Waals surface area contributed by atoms with E-state index in [1.165, 1.54) is 7.11 Å². The van der Waals surface area contributed by atoms with Gasteiger partial charge in [0, 0.05) is 4.90 Å². The third kappa shape index (κ3) is 3.02. The van der Waals surface area contributed by atoms with E-state index >= 15 is 0 Å². The maximum Gasteiger partial charge on any atom is 0.329 e. The van der Waals surface area contributed by atoms with Gasteiger partial charge in [-0.3, -0.25) is 0 Å². The van der Waals surface area contributed by atoms with Crippen LogP contribution in [-0.2, 0) is 0 Å². The maximum atomic E-state index is 5.74. The summed E-state index contributed by atoms with van der Waals surface area (Å²) >= 11 is 7.31. The average molecular weight is 284 g/mol. The third-order valence-corrected chi connectivity index (χ3v) is 2.97. The van der Waals surface area contributed by atoms with E-state index in [0.29, 0.717) is 5.75 Å². The Kier molecular flexibility index (Phi) is 4.22. The summed E-state index contributed by atoms with van der Waals surface area (Å²) in [5.41, 5.74) is 0. The van der Waals surface area contributed by atoms with Gasteiger partial charge in [-0.15, -0.1) is 16.7 Å². The van der Waals surface area contributed by atoms with Gasteiger partial charge in [0.1, 0.15) is 5.75 Å². The lowest BCUT2D eigenvalue weighted by Crippen LogP contribution is -1.99. The van der Waals surface area contributed by atoms with E-state index in [-0.39, 0.29) is 17.3 Å². The molecule has 0 bridgehead atoms. The Hall–Kier alpha value is -1.53. The number of methoxy groups -OCH3 is 1. The van der Waals surface area contributed by atoms with Crippen LogP contribution in [0.15, 0.2) is 29.2 Å². The van der Waals surface area contributed by atoms with E-state index in [1.807, 2.05) is 30.5 Å². The van der Waals surface area contributed by atoms with Gasteiger partial charge in [0.2, 0.25) is 5.28 Å². The van der Waals surface area contributed by atoms with Gasteiger partial charge in [0.05, 0.1) is 7.11 Å². The molecular formula is C11H10ClN3O2S. The number of hydrogen-bond acceptors (Lipinski definition) is 6. The molecule has 0 aliphatic carbocycles. The maximum absolute atomic E-state index is 5.74. The van der Waals surface area contributed by atoms with Crippen molar-refractivity contribution in [3.63, 3.8) is 0 Å². The molecule has 1 heterocycles. The number of hydrogen-bond donors (Lipinski definition) is 0. The Bertz CT molecular complexity index is 554. The Morgan fingerprint density at radius 2 is 1.83 bits per heavy atom. The molecule has 1 aromatic heterocycles. The van der Waals surface area contributed by atoms with Crippen molar-refractivity contribution in [2.75, 3.05) is 13.4 Å². The van der Waals surface area contributed by atoms with Crippen LogP contribution < -0.4 is 9.47 Å². The summed E-state index contributed by atoms with van der Waals surface area (Å²) in [7, 11) is 1.45. The average Bonchev–Trinajstić information content (AvgIpc) is 2.38. The predicted molar refractivity (Wildman–Crippen MR) is 69.7 cm³/mol. The molecule has 0 atom stereocenters. The van der Waals surface area contributed by atoms with E-state index in [2.05, 4.69) is 15.0 Å². The number of halogens is 1. The predicted octanol–water partition coefficient (Wildman–Crippen LogP) is 3.05. The zero-order valence-corrected chi connectivity index (χ0v) is 11.3. The number of nitrogens with zero attached hydrogens (tertiary/aromatic N) is 3. The fraction of sp³-hybridized carbons (Fsp3) is 0.182. The molecule has 0 saturated heterocycles. The minimum atomic E-state index is 0.0264. The number of thioether (sulfide) groups is 1. The van der Waals surface area contributed by atoms with Crippen LogP contribution >= 0.6 is 23.4 Å². The molecule has 2 aromatic rings. The highest BCUT2D eigenvalue weighted by Crippen LogP contribution is 2.30. The van der Waals surface area contributed by atoms with Crippen molar-refractivity contribution in [1.29, 1.82) is 0 Å². The van der Waals surface area contributed by atoms with Crippen LogP contribution in [0.2, 0.25) is 5.28 Å². The van der Waals surface area contributed by atoms with Gasteiger partial charge >= 0.3 is 12.0 Å². The molecule has 2 rings (SSSR count). The molecule has 0 N–H and O–H groups in total.